The van der Waals surface area contributed by atoms with Gasteiger partial charge in [-0.2, -0.15) is 0 Å². The van der Waals surface area contributed by atoms with Gasteiger partial charge < -0.3 is 24.1 Å². The second-order valence-electron chi connectivity index (χ2n) is 7.72. The number of ether oxygens (including phenoxy) is 4. The van der Waals surface area contributed by atoms with Crippen LogP contribution in [0.15, 0.2) is 36.0 Å². The summed E-state index contributed by atoms with van der Waals surface area (Å²) in [4.78, 5) is 48.9. The maximum Gasteiger partial charge on any atom is 0.334 e. The highest BCUT2D eigenvalue weighted by Gasteiger charge is 2.56. The van der Waals surface area contributed by atoms with Crippen LogP contribution in [0.25, 0.3) is 0 Å². The number of fused-ring (bicyclic) bond motifs is 1. The topological polar surface area (TPSA) is 125 Å². The Kier molecular flexibility index (Phi) is 6.56. The molecule has 6 unspecified atom stereocenters. The van der Waals surface area contributed by atoms with Gasteiger partial charge >= 0.3 is 23.9 Å². The van der Waals surface area contributed by atoms with Gasteiger partial charge in [0.05, 0.1) is 5.92 Å². The fourth-order valence-corrected chi connectivity index (χ4v) is 3.29. The molecule has 0 bridgehead atoms. The van der Waals surface area contributed by atoms with Gasteiger partial charge in [-0.25, -0.2) is 14.4 Å². The smallest absolute Gasteiger partial charge is 0.334 e. The largest absolute Gasteiger partial charge is 0.456 e. The first-order chi connectivity index (χ1) is 13.8. The molecule has 0 saturated carbocycles. The summed E-state index contributed by atoms with van der Waals surface area (Å²) in [6.07, 6.45) is -3.80. The highest BCUT2D eigenvalue weighted by Crippen LogP contribution is 2.39. The molecule has 0 aliphatic carbocycles. The van der Waals surface area contributed by atoms with Crippen LogP contribution in [0.5, 0.6) is 0 Å². The van der Waals surface area contributed by atoms with Crippen molar-refractivity contribution in [2.24, 2.45) is 5.92 Å². The van der Waals surface area contributed by atoms with Gasteiger partial charge in [-0.05, 0) is 33.8 Å². The standard InChI is InChI=1S/C21H26O9/c1-9(2)18(23)30-16-15-11(4)20(25)29-14(15)8-10(3)19(24)27-12(5)21(7,26)17(16)28-13(6)22/h8,12,14-17,26H,1,4H2,2-3,5-7H3. The molecule has 2 aliphatic rings. The van der Waals surface area contributed by atoms with E-state index in [-0.39, 0.29) is 16.7 Å². The minimum Gasteiger partial charge on any atom is -0.456 e. The third-order valence-electron chi connectivity index (χ3n) is 5.22. The molecule has 1 N–H and O–H groups in total. The normalized spacial score (nSPS) is 34.1. The first kappa shape index (κ1) is 23.3. The maximum absolute atomic E-state index is 12.4. The molecule has 1 saturated heterocycles. The lowest BCUT2D eigenvalue weighted by molar-refractivity contribution is -0.214. The van der Waals surface area contributed by atoms with Gasteiger partial charge in [-0.1, -0.05) is 13.2 Å². The molecule has 2 aliphatic heterocycles. The van der Waals surface area contributed by atoms with E-state index in [1.807, 2.05) is 0 Å². The SMILES string of the molecule is C=C(C)C(=O)OC1C2C(=C)C(=O)OC2C=C(C)C(=O)OC(C)C(C)(O)C1OC(C)=O. The van der Waals surface area contributed by atoms with E-state index in [4.69, 9.17) is 18.9 Å². The lowest BCUT2D eigenvalue weighted by Crippen LogP contribution is -2.60. The van der Waals surface area contributed by atoms with Crippen molar-refractivity contribution in [1.29, 1.82) is 0 Å². The minimum atomic E-state index is -2.00. The van der Waals surface area contributed by atoms with Crippen molar-refractivity contribution in [3.63, 3.8) is 0 Å². The van der Waals surface area contributed by atoms with Gasteiger partial charge in [0, 0.05) is 23.6 Å². The molecule has 0 amide bonds. The van der Waals surface area contributed by atoms with Crippen molar-refractivity contribution in [3.8, 4) is 0 Å². The molecule has 9 heteroatoms. The summed E-state index contributed by atoms with van der Waals surface area (Å²) in [6.45, 7) is 13.9. The van der Waals surface area contributed by atoms with Crippen molar-refractivity contribution in [2.75, 3.05) is 0 Å². The van der Waals surface area contributed by atoms with Gasteiger partial charge in [0.1, 0.15) is 17.8 Å². The third kappa shape index (κ3) is 4.46. The van der Waals surface area contributed by atoms with E-state index in [0.29, 0.717) is 0 Å². The number of esters is 4. The van der Waals surface area contributed by atoms with Crippen molar-refractivity contribution in [1.82, 2.24) is 0 Å². The first-order valence-corrected chi connectivity index (χ1v) is 9.32. The predicted molar refractivity (Wildman–Crippen MR) is 103 cm³/mol. The average Bonchev–Trinajstić information content (AvgIpc) is 2.90. The van der Waals surface area contributed by atoms with Crippen molar-refractivity contribution in [2.45, 2.75) is 64.6 Å². The van der Waals surface area contributed by atoms with Gasteiger partial charge in [-0.15, -0.1) is 0 Å². The Morgan fingerprint density at radius 2 is 1.77 bits per heavy atom. The van der Waals surface area contributed by atoms with Crippen LogP contribution in [0.1, 0.15) is 34.6 Å². The van der Waals surface area contributed by atoms with Gasteiger partial charge in [0.15, 0.2) is 12.2 Å². The molecule has 0 radical (unpaired) electrons. The summed E-state index contributed by atoms with van der Waals surface area (Å²) in [5.74, 6) is -4.18. The van der Waals surface area contributed by atoms with Gasteiger partial charge in [-0.3, -0.25) is 4.79 Å². The van der Waals surface area contributed by atoms with Crippen LogP contribution in [0.4, 0.5) is 0 Å². The molecule has 1 fully saturated rings. The molecule has 6 atom stereocenters. The van der Waals surface area contributed by atoms with Crippen LogP contribution in [0.3, 0.4) is 0 Å². The molecule has 2 heterocycles. The molecular weight excluding hydrogens is 396 g/mol. The van der Waals surface area contributed by atoms with E-state index in [2.05, 4.69) is 13.2 Å². The molecule has 0 spiro atoms. The minimum absolute atomic E-state index is 0.0481. The molecule has 9 nitrogen and oxygen atoms in total. The first-order valence-electron chi connectivity index (χ1n) is 9.32. The van der Waals surface area contributed by atoms with Crippen LogP contribution in [-0.2, 0) is 38.1 Å². The summed E-state index contributed by atoms with van der Waals surface area (Å²) in [6, 6.07) is 0. The van der Waals surface area contributed by atoms with Crippen LogP contribution >= 0.6 is 0 Å². The summed E-state index contributed by atoms with van der Waals surface area (Å²) in [5, 5.41) is 11.2. The Hall–Kier alpha value is -2.94. The fraction of sp³-hybridized carbons (Fsp3) is 0.524. The molecule has 0 aromatic heterocycles. The Morgan fingerprint density at radius 1 is 1.17 bits per heavy atom. The lowest BCUT2D eigenvalue weighted by Gasteiger charge is -2.42. The molecule has 0 aromatic carbocycles. The quantitative estimate of drug-likeness (QED) is 0.405. The molecule has 0 aromatic rings. The Labute approximate surface area is 174 Å². The zero-order valence-electron chi connectivity index (χ0n) is 17.6. The molecule has 164 valence electrons. The van der Waals surface area contributed by atoms with E-state index >= 15 is 0 Å². The lowest BCUT2D eigenvalue weighted by atomic mass is 9.79. The average molecular weight is 422 g/mol. The van der Waals surface area contributed by atoms with Crippen LogP contribution in [-0.4, -0.2) is 59.0 Å². The van der Waals surface area contributed by atoms with Crippen LogP contribution in [0.2, 0.25) is 0 Å². The number of aliphatic hydroxyl groups is 1. The van der Waals surface area contributed by atoms with E-state index in [0.717, 1.165) is 6.92 Å². The zero-order valence-corrected chi connectivity index (χ0v) is 17.6. The summed E-state index contributed by atoms with van der Waals surface area (Å²) in [7, 11) is 0. The molecule has 30 heavy (non-hydrogen) atoms. The fourth-order valence-electron chi connectivity index (χ4n) is 3.29. The predicted octanol–water partition coefficient (Wildman–Crippen LogP) is 1.15. The zero-order chi connectivity index (χ0) is 23.0. The molecular formula is C21H26O9. The summed E-state index contributed by atoms with van der Waals surface area (Å²) >= 11 is 0. The monoisotopic (exact) mass is 422 g/mol. The number of carbonyl (C=O) groups is 4. The Balaban J connectivity index is 2.73. The molecule has 2 rings (SSSR count). The Bertz CT molecular complexity index is 835. The van der Waals surface area contributed by atoms with Crippen molar-refractivity contribution < 1.29 is 43.2 Å². The second kappa shape index (κ2) is 8.43. The van der Waals surface area contributed by atoms with E-state index < -0.39 is 59.8 Å². The van der Waals surface area contributed by atoms with Gasteiger partial charge in [0.2, 0.25) is 0 Å². The van der Waals surface area contributed by atoms with Crippen LogP contribution in [0, 0.1) is 5.92 Å². The highest BCUT2D eigenvalue weighted by atomic mass is 16.6. The summed E-state index contributed by atoms with van der Waals surface area (Å²) < 4.78 is 21.5. The number of carbonyl (C=O) groups excluding carboxylic acids is 4. The third-order valence-corrected chi connectivity index (χ3v) is 5.22. The van der Waals surface area contributed by atoms with Gasteiger partial charge in [0.25, 0.3) is 0 Å². The maximum atomic E-state index is 12.4. The highest BCUT2D eigenvalue weighted by molar-refractivity contribution is 5.93. The number of hydrogen-bond donors (Lipinski definition) is 1. The number of hydrogen-bond acceptors (Lipinski definition) is 9. The number of cyclic esters (lactones) is 1. The van der Waals surface area contributed by atoms with Crippen LogP contribution < -0.4 is 0 Å². The second-order valence-corrected chi connectivity index (χ2v) is 7.72. The van der Waals surface area contributed by atoms with Crippen molar-refractivity contribution >= 4 is 23.9 Å². The van der Waals surface area contributed by atoms with E-state index in [1.54, 1.807) is 0 Å². The summed E-state index contributed by atoms with van der Waals surface area (Å²) in [5.41, 5.74) is -1.90. The van der Waals surface area contributed by atoms with E-state index in [9.17, 15) is 24.3 Å². The number of rotatable bonds is 3. The Morgan fingerprint density at radius 3 is 2.30 bits per heavy atom. The van der Waals surface area contributed by atoms with Crippen molar-refractivity contribution in [3.05, 3.63) is 36.0 Å². The van der Waals surface area contributed by atoms with E-state index in [1.165, 1.54) is 33.8 Å².